The van der Waals surface area contributed by atoms with Crippen molar-refractivity contribution in [2.24, 2.45) is 4.99 Å². The summed E-state index contributed by atoms with van der Waals surface area (Å²) >= 11 is 0. The van der Waals surface area contributed by atoms with Crippen LogP contribution in [0.1, 0.15) is 24.0 Å². The number of hydrogen-bond acceptors (Lipinski definition) is 1. The molecule has 0 heterocycles. The number of rotatable bonds is 5. The lowest BCUT2D eigenvalue weighted by Gasteiger charge is -2.17. The number of aliphatic imine (C=N–C) groups is 1. The van der Waals surface area contributed by atoms with Gasteiger partial charge in [0, 0.05) is 32.1 Å². The molecule has 0 fully saturated rings. The highest BCUT2D eigenvalue weighted by Crippen LogP contribution is 2.19. The third-order valence-corrected chi connectivity index (χ3v) is 3.64. The highest BCUT2D eigenvalue weighted by molar-refractivity contribution is 5.79. The van der Waals surface area contributed by atoms with E-state index >= 15 is 0 Å². The summed E-state index contributed by atoms with van der Waals surface area (Å²) in [6.45, 7) is 2.67. The highest BCUT2D eigenvalue weighted by atomic mass is 19.1. The molecule has 2 aromatic rings. The van der Waals surface area contributed by atoms with Gasteiger partial charge in [0.05, 0.1) is 0 Å². The van der Waals surface area contributed by atoms with Crippen LogP contribution in [0.3, 0.4) is 0 Å². The fourth-order valence-corrected chi connectivity index (χ4v) is 2.31. The molecule has 0 aliphatic carbocycles. The zero-order valence-electron chi connectivity index (χ0n) is 13.6. The molecule has 6 heteroatoms. The van der Waals surface area contributed by atoms with Gasteiger partial charge in [-0.1, -0.05) is 25.1 Å². The van der Waals surface area contributed by atoms with E-state index in [1.165, 1.54) is 24.3 Å². The molecule has 3 nitrogen and oxygen atoms in total. The summed E-state index contributed by atoms with van der Waals surface area (Å²) in [6, 6.07) is 9.84. The quantitative estimate of drug-likeness (QED) is 0.647. The topological polar surface area (TPSA) is 36.4 Å². The van der Waals surface area contributed by atoms with Gasteiger partial charge in [-0.2, -0.15) is 0 Å². The van der Waals surface area contributed by atoms with Crippen molar-refractivity contribution in [2.45, 2.75) is 19.4 Å². The lowest BCUT2D eigenvalue weighted by molar-refractivity contribution is 0.556. The van der Waals surface area contributed by atoms with Crippen molar-refractivity contribution in [3.63, 3.8) is 0 Å². The second-order valence-electron chi connectivity index (χ2n) is 5.50. The number of nitrogens with zero attached hydrogens (tertiary/aromatic N) is 1. The van der Waals surface area contributed by atoms with Crippen molar-refractivity contribution in [1.82, 2.24) is 10.6 Å². The average Bonchev–Trinajstić information content (AvgIpc) is 2.55. The summed E-state index contributed by atoms with van der Waals surface area (Å²) in [5.74, 6) is -1.10. The smallest absolute Gasteiger partial charge is 0.191 e. The molecule has 0 saturated heterocycles. The summed E-state index contributed by atoms with van der Waals surface area (Å²) in [5, 5.41) is 6.14. The van der Waals surface area contributed by atoms with Crippen LogP contribution in [0.2, 0.25) is 0 Å². The zero-order valence-corrected chi connectivity index (χ0v) is 13.6. The van der Waals surface area contributed by atoms with Gasteiger partial charge in [0.15, 0.2) is 5.96 Å². The van der Waals surface area contributed by atoms with Gasteiger partial charge >= 0.3 is 0 Å². The molecule has 24 heavy (non-hydrogen) atoms. The first-order chi connectivity index (χ1) is 11.5. The molecule has 1 unspecified atom stereocenters. The Morgan fingerprint density at radius 2 is 1.79 bits per heavy atom. The molecule has 128 valence electrons. The van der Waals surface area contributed by atoms with Crippen molar-refractivity contribution in [2.75, 3.05) is 13.6 Å². The van der Waals surface area contributed by atoms with Gasteiger partial charge in [-0.05, 0) is 29.3 Å². The molecule has 2 rings (SSSR count). The van der Waals surface area contributed by atoms with Crippen molar-refractivity contribution < 1.29 is 13.2 Å². The Labute approximate surface area is 139 Å². The fraction of sp³-hybridized carbons (Fsp3) is 0.278. The number of benzene rings is 2. The maximum Gasteiger partial charge on any atom is 0.191 e. The van der Waals surface area contributed by atoms with Crippen LogP contribution in [0.4, 0.5) is 13.2 Å². The van der Waals surface area contributed by atoms with Crippen molar-refractivity contribution in [1.29, 1.82) is 0 Å². The summed E-state index contributed by atoms with van der Waals surface area (Å²) < 4.78 is 39.9. The van der Waals surface area contributed by atoms with E-state index in [2.05, 4.69) is 15.6 Å². The van der Waals surface area contributed by atoms with E-state index in [4.69, 9.17) is 0 Å². The van der Waals surface area contributed by atoms with Gasteiger partial charge in [0.2, 0.25) is 0 Å². The standard InChI is InChI=1S/C18H20F3N3/c1-12(16-7-6-15(20)9-17(16)21)10-23-18(22-2)24-11-13-4-3-5-14(19)8-13/h3-9,12H,10-11H2,1-2H3,(H2,22,23,24). The summed E-state index contributed by atoms with van der Waals surface area (Å²) in [5.41, 5.74) is 1.22. The molecule has 0 radical (unpaired) electrons. The Morgan fingerprint density at radius 1 is 1.04 bits per heavy atom. The van der Waals surface area contributed by atoms with Gasteiger partial charge in [0.25, 0.3) is 0 Å². The molecule has 0 spiro atoms. The predicted octanol–water partition coefficient (Wildman–Crippen LogP) is 3.57. The van der Waals surface area contributed by atoms with E-state index < -0.39 is 11.6 Å². The van der Waals surface area contributed by atoms with Crippen LogP contribution in [0.15, 0.2) is 47.5 Å². The average molecular weight is 335 g/mol. The van der Waals surface area contributed by atoms with Crippen LogP contribution < -0.4 is 10.6 Å². The van der Waals surface area contributed by atoms with Gasteiger partial charge < -0.3 is 10.6 Å². The third kappa shape index (κ3) is 5.01. The normalized spacial score (nSPS) is 12.8. The highest BCUT2D eigenvalue weighted by Gasteiger charge is 2.12. The number of halogens is 3. The molecule has 0 aliphatic rings. The first-order valence-electron chi connectivity index (χ1n) is 7.63. The molecule has 0 saturated carbocycles. The first kappa shape index (κ1) is 17.8. The number of nitrogens with one attached hydrogen (secondary N) is 2. The van der Waals surface area contributed by atoms with Crippen LogP contribution in [0, 0.1) is 17.5 Å². The molecule has 1 atom stereocenters. The van der Waals surface area contributed by atoms with E-state index in [0.29, 0.717) is 24.6 Å². The molecule has 2 aromatic carbocycles. The van der Waals surface area contributed by atoms with E-state index in [-0.39, 0.29) is 11.7 Å². The molecule has 0 aliphatic heterocycles. The summed E-state index contributed by atoms with van der Waals surface area (Å²) in [4.78, 5) is 4.07. The van der Waals surface area contributed by atoms with E-state index in [1.807, 2.05) is 6.92 Å². The second-order valence-corrected chi connectivity index (χ2v) is 5.50. The van der Waals surface area contributed by atoms with Crippen LogP contribution in [0.5, 0.6) is 0 Å². The summed E-state index contributed by atoms with van der Waals surface area (Å²) in [6.07, 6.45) is 0. The molecule has 0 bridgehead atoms. The van der Waals surface area contributed by atoms with Gasteiger partial charge in [-0.25, -0.2) is 13.2 Å². The predicted molar refractivity (Wildman–Crippen MR) is 89.4 cm³/mol. The Balaban J connectivity index is 1.89. The minimum absolute atomic E-state index is 0.168. The minimum atomic E-state index is -0.594. The van der Waals surface area contributed by atoms with Crippen LogP contribution in [-0.4, -0.2) is 19.6 Å². The first-order valence-corrected chi connectivity index (χ1v) is 7.63. The van der Waals surface area contributed by atoms with Crippen molar-refractivity contribution >= 4 is 5.96 Å². The molecular formula is C18H20F3N3. The lowest BCUT2D eigenvalue weighted by Crippen LogP contribution is -2.38. The van der Waals surface area contributed by atoms with E-state index in [1.54, 1.807) is 19.2 Å². The monoisotopic (exact) mass is 335 g/mol. The van der Waals surface area contributed by atoms with Crippen molar-refractivity contribution in [3.05, 3.63) is 71.0 Å². The third-order valence-electron chi connectivity index (χ3n) is 3.64. The Morgan fingerprint density at radius 3 is 2.46 bits per heavy atom. The maximum absolute atomic E-state index is 13.8. The minimum Gasteiger partial charge on any atom is -0.356 e. The van der Waals surface area contributed by atoms with Crippen LogP contribution in [-0.2, 0) is 6.54 Å². The second kappa shape index (κ2) is 8.38. The molecular weight excluding hydrogens is 315 g/mol. The van der Waals surface area contributed by atoms with Gasteiger partial charge in [0.1, 0.15) is 17.5 Å². The number of guanidine groups is 1. The zero-order chi connectivity index (χ0) is 17.5. The van der Waals surface area contributed by atoms with Crippen molar-refractivity contribution in [3.8, 4) is 0 Å². The fourth-order valence-electron chi connectivity index (χ4n) is 2.31. The number of hydrogen-bond donors (Lipinski definition) is 2. The van der Waals surface area contributed by atoms with Gasteiger partial charge in [-0.3, -0.25) is 4.99 Å². The van der Waals surface area contributed by atoms with Crippen LogP contribution in [0.25, 0.3) is 0 Å². The summed E-state index contributed by atoms with van der Waals surface area (Å²) in [7, 11) is 1.62. The Bertz CT molecular complexity index is 716. The van der Waals surface area contributed by atoms with E-state index in [9.17, 15) is 13.2 Å². The lowest BCUT2D eigenvalue weighted by atomic mass is 10.0. The molecule has 0 aromatic heterocycles. The SMILES string of the molecule is CN=C(NCc1cccc(F)c1)NCC(C)c1ccc(F)cc1F. The van der Waals surface area contributed by atoms with Crippen LogP contribution >= 0.6 is 0 Å². The van der Waals surface area contributed by atoms with E-state index in [0.717, 1.165) is 11.6 Å². The molecule has 2 N–H and O–H groups in total. The Kier molecular flexibility index (Phi) is 6.23. The Hall–Kier alpha value is -2.50. The molecule has 0 amide bonds. The maximum atomic E-state index is 13.8. The van der Waals surface area contributed by atoms with Gasteiger partial charge in [-0.15, -0.1) is 0 Å². The largest absolute Gasteiger partial charge is 0.356 e.